The number of hydrogen-bond donors (Lipinski definition) is 1. The van der Waals surface area contributed by atoms with Gasteiger partial charge in [-0.05, 0) is 12.1 Å². The van der Waals surface area contributed by atoms with E-state index in [1.54, 1.807) is 6.33 Å². The van der Waals surface area contributed by atoms with E-state index in [4.69, 9.17) is 5.73 Å². The average molecular weight is 199 g/mol. The molecule has 0 unspecified atom stereocenters. The van der Waals surface area contributed by atoms with Crippen molar-refractivity contribution in [3.8, 4) is 5.69 Å². The van der Waals surface area contributed by atoms with Gasteiger partial charge in [-0.3, -0.25) is 4.57 Å². The second-order valence-electron chi connectivity index (χ2n) is 3.57. The van der Waals surface area contributed by atoms with Crippen LogP contribution in [0.15, 0.2) is 36.3 Å². The zero-order valence-corrected chi connectivity index (χ0v) is 8.09. The lowest BCUT2D eigenvalue weighted by atomic mass is 10.1. The summed E-state index contributed by atoms with van der Waals surface area (Å²) >= 11 is 0. The van der Waals surface area contributed by atoms with Crippen molar-refractivity contribution in [2.75, 3.05) is 0 Å². The Bertz CT molecular complexity index is 544. The minimum Gasteiger partial charge on any atom is -0.402 e. The van der Waals surface area contributed by atoms with E-state index >= 15 is 0 Å². The molecule has 0 bridgehead atoms. The summed E-state index contributed by atoms with van der Waals surface area (Å²) in [7, 11) is 0. The summed E-state index contributed by atoms with van der Waals surface area (Å²) in [5.74, 6) is 0.883. The van der Waals surface area contributed by atoms with E-state index in [1.807, 2.05) is 34.9 Å². The molecule has 0 saturated carbocycles. The van der Waals surface area contributed by atoms with Crippen molar-refractivity contribution in [2.24, 2.45) is 5.73 Å². The van der Waals surface area contributed by atoms with Gasteiger partial charge >= 0.3 is 1.43 Å². The molecule has 2 aromatic rings. The smallest absolute Gasteiger partial charge is 0.402 e. The molecular formula is C11H11N4+. The fourth-order valence-electron chi connectivity index (χ4n) is 1.84. The van der Waals surface area contributed by atoms with Crippen LogP contribution in [0.4, 0.5) is 0 Å². The van der Waals surface area contributed by atoms with E-state index in [1.165, 1.54) is 0 Å². The molecule has 4 heteroatoms. The third-order valence-corrected chi connectivity index (χ3v) is 2.52. The number of rotatable bonds is 0. The molecule has 1 aliphatic heterocycles. The third kappa shape index (κ3) is 1.22. The van der Waals surface area contributed by atoms with Gasteiger partial charge < -0.3 is 5.73 Å². The highest BCUT2D eigenvalue weighted by molar-refractivity contribution is 5.64. The maximum Gasteiger partial charge on any atom is 1.00 e. The molecule has 4 nitrogen and oxygen atoms in total. The van der Waals surface area contributed by atoms with Crippen LogP contribution < -0.4 is 5.73 Å². The van der Waals surface area contributed by atoms with Crippen LogP contribution in [0.5, 0.6) is 0 Å². The SMILES string of the molecule is NC1=Cc2ccccc2-n2cnnc2C1.[H+]. The number of aromatic nitrogens is 3. The number of nitrogens with two attached hydrogens (primary N) is 1. The first kappa shape index (κ1) is 8.23. The summed E-state index contributed by atoms with van der Waals surface area (Å²) in [6, 6.07) is 8.07. The summed E-state index contributed by atoms with van der Waals surface area (Å²) in [5, 5.41) is 7.97. The van der Waals surface area contributed by atoms with Crippen LogP contribution in [-0.2, 0) is 6.42 Å². The van der Waals surface area contributed by atoms with Crippen LogP contribution in [0, 0.1) is 0 Å². The van der Waals surface area contributed by atoms with Gasteiger partial charge in [-0.1, -0.05) is 18.2 Å². The molecule has 74 valence electrons. The highest BCUT2D eigenvalue weighted by Gasteiger charge is 2.13. The van der Waals surface area contributed by atoms with E-state index in [0.717, 1.165) is 22.8 Å². The zero-order chi connectivity index (χ0) is 10.3. The van der Waals surface area contributed by atoms with Gasteiger partial charge in [0.25, 0.3) is 0 Å². The van der Waals surface area contributed by atoms with Crippen LogP contribution in [0.1, 0.15) is 12.8 Å². The topological polar surface area (TPSA) is 56.7 Å². The van der Waals surface area contributed by atoms with Crippen LogP contribution in [0.2, 0.25) is 0 Å². The van der Waals surface area contributed by atoms with Gasteiger partial charge in [0.05, 0.1) is 5.69 Å². The maximum atomic E-state index is 5.90. The molecule has 1 aliphatic rings. The first-order valence-electron chi connectivity index (χ1n) is 4.79. The van der Waals surface area contributed by atoms with Crippen LogP contribution in [0.3, 0.4) is 0 Å². The molecule has 15 heavy (non-hydrogen) atoms. The standard InChI is InChI=1S/C11H10N4/c12-9-5-8-3-1-2-4-10(8)15-7-13-14-11(15)6-9/h1-5,7H,6,12H2/p+1. The third-order valence-electron chi connectivity index (χ3n) is 2.52. The Morgan fingerprint density at radius 1 is 1.33 bits per heavy atom. The van der Waals surface area contributed by atoms with Crippen molar-refractivity contribution >= 4 is 6.08 Å². The fraction of sp³-hybridized carbons (Fsp3) is 0.0909. The van der Waals surface area contributed by atoms with E-state index in [2.05, 4.69) is 10.2 Å². The lowest BCUT2D eigenvalue weighted by Crippen LogP contribution is -2.04. The second-order valence-corrected chi connectivity index (χ2v) is 3.57. The number of nitrogens with zero attached hydrogens (tertiary/aromatic N) is 3. The maximum absolute atomic E-state index is 5.90. The van der Waals surface area contributed by atoms with Gasteiger partial charge in [-0.15, -0.1) is 10.2 Å². The monoisotopic (exact) mass is 199 g/mol. The number of hydrogen-bond acceptors (Lipinski definition) is 3. The van der Waals surface area contributed by atoms with E-state index in [-0.39, 0.29) is 1.43 Å². The highest BCUT2D eigenvalue weighted by Crippen LogP contribution is 2.22. The first-order chi connectivity index (χ1) is 7.34. The van der Waals surface area contributed by atoms with Crippen molar-refractivity contribution in [3.05, 3.63) is 47.7 Å². The molecule has 0 amide bonds. The average Bonchev–Trinajstić information content (AvgIpc) is 2.62. The summed E-state index contributed by atoms with van der Waals surface area (Å²) in [5.41, 5.74) is 8.90. The van der Waals surface area contributed by atoms with Crippen molar-refractivity contribution in [3.63, 3.8) is 0 Å². The number of fused-ring (bicyclic) bond motifs is 3. The quantitative estimate of drug-likeness (QED) is 0.694. The predicted molar refractivity (Wildman–Crippen MR) is 58.3 cm³/mol. The lowest BCUT2D eigenvalue weighted by molar-refractivity contribution is 0.899. The largest absolute Gasteiger partial charge is 1.00 e. The van der Waals surface area contributed by atoms with E-state index < -0.39 is 0 Å². The van der Waals surface area contributed by atoms with Gasteiger partial charge in [0, 0.05) is 17.7 Å². The predicted octanol–water partition coefficient (Wildman–Crippen LogP) is 1.24. The van der Waals surface area contributed by atoms with Gasteiger partial charge in [0.15, 0.2) is 0 Å². The first-order valence-corrected chi connectivity index (χ1v) is 4.79. The van der Waals surface area contributed by atoms with Crippen molar-refractivity contribution < 1.29 is 1.43 Å². The Kier molecular flexibility index (Phi) is 1.62. The summed E-state index contributed by atoms with van der Waals surface area (Å²) in [6.45, 7) is 0. The Morgan fingerprint density at radius 3 is 3.13 bits per heavy atom. The van der Waals surface area contributed by atoms with Crippen molar-refractivity contribution in [1.82, 2.24) is 14.8 Å². The molecule has 2 N–H and O–H groups in total. The van der Waals surface area contributed by atoms with Gasteiger partial charge in [-0.2, -0.15) is 0 Å². The Labute approximate surface area is 88.5 Å². The van der Waals surface area contributed by atoms with E-state index in [9.17, 15) is 0 Å². The van der Waals surface area contributed by atoms with E-state index in [0.29, 0.717) is 6.42 Å². The lowest BCUT2D eigenvalue weighted by Gasteiger charge is -2.05. The van der Waals surface area contributed by atoms with Crippen LogP contribution in [0.25, 0.3) is 11.8 Å². The number of benzene rings is 1. The number of allylic oxidation sites excluding steroid dienone is 1. The van der Waals surface area contributed by atoms with Gasteiger partial charge in [0.1, 0.15) is 12.2 Å². The molecule has 0 aliphatic carbocycles. The molecule has 0 saturated heterocycles. The van der Waals surface area contributed by atoms with Gasteiger partial charge in [-0.25, -0.2) is 0 Å². The molecule has 0 atom stereocenters. The normalized spacial score (nSPS) is 13.7. The van der Waals surface area contributed by atoms with Crippen molar-refractivity contribution in [1.29, 1.82) is 0 Å². The van der Waals surface area contributed by atoms with Crippen LogP contribution in [-0.4, -0.2) is 14.8 Å². The molecule has 0 radical (unpaired) electrons. The van der Waals surface area contributed by atoms with Crippen LogP contribution >= 0.6 is 0 Å². The molecule has 2 heterocycles. The van der Waals surface area contributed by atoms with Gasteiger partial charge in [0.2, 0.25) is 0 Å². The zero-order valence-electron chi connectivity index (χ0n) is 9.09. The fourth-order valence-corrected chi connectivity index (χ4v) is 1.84. The summed E-state index contributed by atoms with van der Waals surface area (Å²) < 4.78 is 1.98. The molecule has 3 rings (SSSR count). The Morgan fingerprint density at radius 2 is 2.20 bits per heavy atom. The molecule has 0 spiro atoms. The Balaban J connectivity index is 0.000000963. The minimum absolute atomic E-state index is 0. The number of para-hydroxylation sites is 1. The highest BCUT2D eigenvalue weighted by atomic mass is 15.3. The Hall–Kier alpha value is -2.10. The second kappa shape index (κ2) is 2.95. The molecule has 1 aromatic carbocycles. The van der Waals surface area contributed by atoms with Crippen molar-refractivity contribution in [2.45, 2.75) is 6.42 Å². The molecule has 0 fully saturated rings. The molecule has 1 aromatic heterocycles. The minimum atomic E-state index is 0. The summed E-state index contributed by atoms with van der Waals surface area (Å²) in [6.07, 6.45) is 4.36. The summed E-state index contributed by atoms with van der Waals surface area (Å²) in [4.78, 5) is 0. The molecular weight excluding hydrogens is 188 g/mol.